The van der Waals surface area contributed by atoms with Crippen molar-refractivity contribution in [3.05, 3.63) is 0 Å². The molecule has 0 aromatic carbocycles. The molecule has 11 heavy (non-hydrogen) atoms. The van der Waals surface area contributed by atoms with E-state index >= 15 is 0 Å². The van der Waals surface area contributed by atoms with Crippen LogP contribution in [0.2, 0.25) is 0 Å². The van der Waals surface area contributed by atoms with Gasteiger partial charge in [0, 0.05) is 6.54 Å². The second-order valence-corrected chi connectivity index (χ2v) is 2.81. The van der Waals surface area contributed by atoms with E-state index in [0.717, 1.165) is 25.6 Å². The number of hydrogen-bond acceptors (Lipinski definition) is 3. The van der Waals surface area contributed by atoms with Crippen molar-refractivity contribution >= 4 is 5.90 Å². The number of hydrogen-bond donors (Lipinski definition) is 0. The van der Waals surface area contributed by atoms with Crippen LogP contribution in [0.25, 0.3) is 0 Å². The summed E-state index contributed by atoms with van der Waals surface area (Å²) < 4.78 is 5.37. The average molecular weight is 156 g/mol. The van der Waals surface area contributed by atoms with Crippen LogP contribution in [-0.4, -0.2) is 43.6 Å². The summed E-state index contributed by atoms with van der Waals surface area (Å²) in [4.78, 5) is 6.55. The smallest absolute Gasteiger partial charge is 0.200 e. The van der Waals surface area contributed by atoms with Crippen LogP contribution in [0.1, 0.15) is 13.8 Å². The minimum absolute atomic E-state index is 0.351. The average Bonchev–Trinajstić information content (AvgIpc) is 1.99. The standard InChI is InChI=1S/C8H16N2O/c1-4-11-8-7(2)10(3)6-5-9-8/h7H,4-6H2,1-3H3/t7-/m1/s1. The first-order chi connectivity index (χ1) is 5.25. The van der Waals surface area contributed by atoms with Gasteiger partial charge in [-0.15, -0.1) is 0 Å². The van der Waals surface area contributed by atoms with Crippen molar-refractivity contribution in [1.82, 2.24) is 4.90 Å². The molecule has 0 saturated heterocycles. The molecular formula is C8H16N2O. The number of nitrogens with zero attached hydrogens (tertiary/aromatic N) is 2. The Labute approximate surface area is 68.1 Å². The van der Waals surface area contributed by atoms with E-state index in [-0.39, 0.29) is 0 Å². The van der Waals surface area contributed by atoms with E-state index in [9.17, 15) is 0 Å². The third-order valence-corrected chi connectivity index (χ3v) is 2.03. The molecule has 0 unspecified atom stereocenters. The molecule has 0 N–H and O–H groups in total. The quantitative estimate of drug-likeness (QED) is 0.560. The summed E-state index contributed by atoms with van der Waals surface area (Å²) in [6.07, 6.45) is 0. The maximum Gasteiger partial charge on any atom is 0.200 e. The summed E-state index contributed by atoms with van der Waals surface area (Å²) in [5.41, 5.74) is 0. The van der Waals surface area contributed by atoms with Gasteiger partial charge in [0.15, 0.2) is 0 Å². The molecule has 0 saturated carbocycles. The maximum atomic E-state index is 5.37. The van der Waals surface area contributed by atoms with Crippen LogP contribution < -0.4 is 0 Å². The summed E-state index contributed by atoms with van der Waals surface area (Å²) in [7, 11) is 2.10. The van der Waals surface area contributed by atoms with E-state index in [2.05, 4.69) is 23.9 Å². The SMILES string of the molecule is CCOC1=NCCN(C)[C@@H]1C. The molecular weight excluding hydrogens is 140 g/mol. The molecule has 1 aliphatic rings. The first kappa shape index (κ1) is 8.53. The molecule has 0 spiro atoms. The Morgan fingerprint density at radius 2 is 2.45 bits per heavy atom. The van der Waals surface area contributed by atoms with Gasteiger partial charge in [-0.25, -0.2) is 0 Å². The highest BCUT2D eigenvalue weighted by atomic mass is 16.5. The summed E-state index contributed by atoms with van der Waals surface area (Å²) in [5.74, 6) is 0.890. The van der Waals surface area contributed by atoms with Crippen molar-refractivity contribution in [2.75, 3.05) is 26.7 Å². The van der Waals surface area contributed by atoms with Crippen LogP contribution >= 0.6 is 0 Å². The molecule has 0 radical (unpaired) electrons. The molecule has 3 nitrogen and oxygen atoms in total. The minimum Gasteiger partial charge on any atom is -0.480 e. The molecule has 1 aliphatic heterocycles. The third kappa shape index (κ3) is 1.93. The Hall–Kier alpha value is -0.570. The molecule has 64 valence electrons. The largest absolute Gasteiger partial charge is 0.480 e. The predicted molar refractivity (Wildman–Crippen MR) is 46.0 cm³/mol. The van der Waals surface area contributed by atoms with Crippen LogP contribution in [0.15, 0.2) is 4.99 Å². The first-order valence-electron chi connectivity index (χ1n) is 4.13. The molecule has 1 atom stereocenters. The van der Waals surface area contributed by atoms with Gasteiger partial charge in [-0.1, -0.05) is 0 Å². The second-order valence-electron chi connectivity index (χ2n) is 2.81. The lowest BCUT2D eigenvalue weighted by Crippen LogP contribution is -2.42. The summed E-state index contributed by atoms with van der Waals surface area (Å²) >= 11 is 0. The van der Waals surface area contributed by atoms with Crippen molar-refractivity contribution in [2.45, 2.75) is 19.9 Å². The molecule has 1 heterocycles. The Bertz CT molecular complexity index is 156. The van der Waals surface area contributed by atoms with Crippen LogP contribution in [0.5, 0.6) is 0 Å². The second kappa shape index (κ2) is 3.72. The highest BCUT2D eigenvalue weighted by Crippen LogP contribution is 2.05. The topological polar surface area (TPSA) is 24.8 Å². The van der Waals surface area contributed by atoms with Gasteiger partial charge in [-0.3, -0.25) is 9.89 Å². The highest BCUT2D eigenvalue weighted by Gasteiger charge is 2.19. The Morgan fingerprint density at radius 3 is 3.09 bits per heavy atom. The zero-order valence-electron chi connectivity index (χ0n) is 7.50. The normalized spacial score (nSPS) is 26.5. The lowest BCUT2D eigenvalue weighted by Gasteiger charge is -2.28. The molecule has 0 aromatic rings. The van der Waals surface area contributed by atoms with Gasteiger partial charge in [0.2, 0.25) is 5.90 Å². The van der Waals surface area contributed by atoms with E-state index in [1.807, 2.05) is 6.92 Å². The van der Waals surface area contributed by atoms with E-state index in [1.54, 1.807) is 0 Å². The van der Waals surface area contributed by atoms with Crippen molar-refractivity contribution in [2.24, 2.45) is 4.99 Å². The zero-order chi connectivity index (χ0) is 8.27. The molecule has 0 aromatic heterocycles. The number of ether oxygens (including phenoxy) is 1. The summed E-state index contributed by atoms with van der Waals surface area (Å²) in [5, 5.41) is 0. The molecule has 0 fully saturated rings. The Morgan fingerprint density at radius 1 is 1.73 bits per heavy atom. The Balaban J connectivity index is 2.54. The number of likely N-dealkylation sites (N-methyl/N-ethyl adjacent to an activating group) is 1. The van der Waals surface area contributed by atoms with E-state index in [1.165, 1.54) is 0 Å². The molecule has 1 rings (SSSR count). The van der Waals surface area contributed by atoms with Crippen molar-refractivity contribution < 1.29 is 4.74 Å². The maximum absolute atomic E-state index is 5.37. The lowest BCUT2D eigenvalue weighted by atomic mass is 10.2. The van der Waals surface area contributed by atoms with E-state index in [4.69, 9.17) is 4.74 Å². The number of rotatable bonds is 1. The fraction of sp³-hybridized carbons (Fsp3) is 0.875. The molecule has 0 bridgehead atoms. The Kier molecular flexibility index (Phi) is 2.88. The van der Waals surface area contributed by atoms with E-state index in [0.29, 0.717) is 6.04 Å². The van der Waals surface area contributed by atoms with Gasteiger partial charge >= 0.3 is 0 Å². The van der Waals surface area contributed by atoms with Gasteiger partial charge in [-0.05, 0) is 20.9 Å². The van der Waals surface area contributed by atoms with Crippen molar-refractivity contribution in [3.8, 4) is 0 Å². The highest BCUT2D eigenvalue weighted by molar-refractivity contribution is 5.81. The van der Waals surface area contributed by atoms with Crippen molar-refractivity contribution in [3.63, 3.8) is 0 Å². The molecule has 3 heteroatoms. The fourth-order valence-electron chi connectivity index (χ4n) is 1.15. The minimum atomic E-state index is 0.351. The van der Waals surface area contributed by atoms with Gasteiger partial charge in [0.1, 0.15) is 0 Å². The van der Waals surface area contributed by atoms with Crippen LogP contribution in [0.4, 0.5) is 0 Å². The van der Waals surface area contributed by atoms with E-state index < -0.39 is 0 Å². The van der Waals surface area contributed by atoms with Gasteiger partial charge in [0.25, 0.3) is 0 Å². The zero-order valence-corrected chi connectivity index (χ0v) is 7.50. The monoisotopic (exact) mass is 156 g/mol. The molecule has 0 amide bonds. The van der Waals surface area contributed by atoms with Gasteiger partial charge in [-0.2, -0.15) is 0 Å². The van der Waals surface area contributed by atoms with Gasteiger partial charge in [0.05, 0.1) is 19.2 Å². The van der Waals surface area contributed by atoms with Crippen LogP contribution in [-0.2, 0) is 4.74 Å². The fourth-order valence-corrected chi connectivity index (χ4v) is 1.15. The summed E-state index contributed by atoms with van der Waals surface area (Å²) in [6.45, 7) is 6.74. The van der Waals surface area contributed by atoms with Crippen LogP contribution in [0.3, 0.4) is 0 Å². The first-order valence-corrected chi connectivity index (χ1v) is 4.13. The van der Waals surface area contributed by atoms with Crippen molar-refractivity contribution in [1.29, 1.82) is 0 Å². The van der Waals surface area contributed by atoms with Crippen LogP contribution in [0, 0.1) is 0 Å². The lowest BCUT2D eigenvalue weighted by molar-refractivity contribution is 0.231. The third-order valence-electron chi connectivity index (χ3n) is 2.03. The summed E-state index contributed by atoms with van der Waals surface area (Å²) in [6, 6.07) is 0.351. The number of aliphatic imine (C=N–C) groups is 1. The predicted octanol–water partition coefficient (Wildman–Crippen LogP) is 0.755. The molecule has 0 aliphatic carbocycles. The van der Waals surface area contributed by atoms with Gasteiger partial charge < -0.3 is 4.74 Å².